The fourth-order valence-corrected chi connectivity index (χ4v) is 3.43. The van der Waals surface area contributed by atoms with Crippen molar-refractivity contribution in [3.05, 3.63) is 121 Å². The first kappa shape index (κ1) is 52.2. The third kappa shape index (κ3) is 20.4. The van der Waals surface area contributed by atoms with Gasteiger partial charge in [0.05, 0.1) is 20.0 Å². The lowest BCUT2D eigenvalue weighted by Crippen LogP contribution is -1.92. The van der Waals surface area contributed by atoms with Crippen molar-refractivity contribution in [2.45, 2.75) is 91.5 Å². The molecular formula is C42H68O5. The molecule has 0 spiro atoms. The normalized spacial score (nSPS) is 9.38. The van der Waals surface area contributed by atoms with Crippen molar-refractivity contribution in [3.63, 3.8) is 0 Å². The Hall–Kier alpha value is -4.38. The summed E-state index contributed by atoms with van der Waals surface area (Å²) in [6.07, 6.45) is 2.78. The number of ether oxygens (including phenoxy) is 4. The molecule has 5 aromatic rings. The summed E-state index contributed by atoms with van der Waals surface area (Å²) in [5.41, 5.74) is 2.30. The molecule has 2 aliphatic heterocycles. The highest BCUT2D eigenvalue weighted by molar-refractivity contribution is 5.76. The van der Waals surface area contributed by atoms with Gasteiger partial charge >= 0.3 is 0 Å². The molecule has 7 rings (SSSR count). The Morgan fingerprint density at radius 3 is 1.45 bits per heavy atom. The van der Waals surface area contributed by atoms with E-state index < -0.39 is 0 Å². The average molecular weight is 653 g/mol. The lowest BCUT2D eigenvalue weighted by Gasteiger charge is -1.93. The van der Waals surface area contributed by atoms with Gasteiger partial charge in [0, 0.05) is 11.8 Å². The zero-order valence-corrected chi connectivity index (χ0v) is 27.6. The molecule has 0 amide bonds. The summed E-state index contributed by atoms with van der Waals surface area (Å²) in [7, 11) is 1.66. The highest BCUT2D eigenvalue weighted by Gasteiger charge is 2.09. The minimum absolute atomic E-state index is 0. The second-order valence-corrected chi connectivity index (χ2v) is 7.54. The van der Waals surface area contributed by atoms with Crippen LogP contribution in [0.25, 0.3) is 11.0 Å². The van der Waals surface area contributed by atoms with Gasteiger partial charge in [0.1, 0.15) is 17.1 Å². The van der Waals surface area contributed by atoms with Crippen LogP contribution in [-0.4, -0.2) is 20.5 Å². The van der Waals surface area contributed by atoms with Crippen LogP contribution in [0.15, 0.2) is 120 Å². The molecule has 5 heteroatoms. The van der Waals surface area contributed by atoms with Crippen molar-refractivity contribution in [2.75, 3.05) is 20.5 Å². The van der Waals surface area contributed by atoms with E-state index in [1.807, 2.05) is 159 Å². The number of methoxy groups -OCH3 is 1. The quantitative estimate of drug-likeness (QED) is 0.180. The predicted molar refractivity (Wildman–Crippen MR) is 210 cm³/mol. The van der Waals surface area contributed by atoms with Crippen molar-refractivity contribution in [3.8, 4) is 23.0 Å². The molecule has 266 valence electrons. The van der Waals surface area contributed by atoms with Gasteiger partial charge in [-0.25, -0.2) is 0 Å². The van der Waals surface area contributed by atoms with E-state index in [1.165, 1.54) is 5.56 Å². The van der Waals surface area contributed by atoms with Gasteiger partial charge in [0.2, 0.25) is 6.79 Å². The fourth-order valence-electron chi connectivity index (χ4n) is 3.43. The molecular weight excluding hydrogens is 584 g/mol. The van der Waals surface area contributed by atoms with Crippen molar-refractivity contribution in [1.29, 1.82) is 0 Å². The zero-order valence-electron chi connectivity index (χ0n) is 27.6. The summed E-state index contributed by atoms with van der Waals surface area (Å²) >= 11 is 0. The van der Waals surface area contributed by atoms with Gasteiger partial charge in [0.15, 0.2) is 11.5 Å². The van der Waals surface area contributed by atoms with E-state index in [4.69, 9.17) is 23.4 Å². The van der Waals surface area contributed by atoms with Crippen molar-refractivity contribution in [1.82, 2.24) is 0 Å². The van der Waals surface area contributed by atoms with Crippen LogP contribution in [0.4, 0.5) is 0 Å². The molecule has 0 radical (unpaired) electrons. The largest absolute Gasteiger partial charge is 0.497 e. The molecule has 2 aliphatic rings. The van der Waals surface area contributed by atoms with Crippen LogP contribution in [0.3, 0.4) is 0 Å². The summed E-state index contributed by atoms with van der Waals surface area (Å²) in [6.45, 7) is 17.2. The fraction of sp³-hybridized carbons (Fsp3) is 0.381. The number of hydrogen-bond donors (Lipinski definition) is 0. The molecule has 0 saturated carbocycles. The van der Waals surface area contributed by atoms with Crippen LogP contribution < -0.4 is 18.9 Å². The van der Waals surface area contributed by atoms with E-state index in [0.717, 1.165) is 47.0 Å². The predicted octanol–water partition coefficient (Wildman–Crippen LogP) is 13.8. The zero-order chi connectivity index (χ0) is 32.1. The van der Waals surface area contributed by atoms with Gasteiger partial charge in [-0.3, -0.25) is 0 Å². The molecule has 5 nitrogen and oxygen atoms in total. The van der Waals surface area contributed by atoms with Crippen LogP contribution >= 0.6 is 0 Å². The SMILES string of the molecule is C.C.C.C.CC.CC.CC.CC.COc1ccccc1.c1ccc2c(c1)CCO2.c1ccc2c(c1)OCO2.c1ccc2occc2c1. The molecule has 1 aromatic heterocycles. The first-order valence-corrected chi connectivity index (χ1v) is 15.4. The van der Waals surface area contributed by atoms with E-state index in [9.17, 15) is 0 Å². The van der Waals surface area contributed by atoms with E-state index in [2.05, 4.69) is 6.07 Å². The minimum Gasteiger partial charge on any atom is -0.497 e. The van der Waals surface area contributed by atoms with E-state index in [1.54, 1.807) is 13.4 Å². The monoisotopic (exact) mass is 653 g/mol. The minimum atomic E-state index is 0. The first-order valence-electron chi connectivity index (χ1n) is 15.4. The van der Waals surface area contributed by atoms with Crippen LogP contribution in [0, 0.1) is 0 Å². The molecule has 0 atom stereocenters. The molecule has 0 aliphatic carbocycles. The Morgan fingerprint density at radius 1 is 0.489 bits per heavy atom. The lowest BCUT2D eigenvalue weighted by molar-refractivity contribution is 0.174. The van der Waals surface area contributed by atoms with Gasteiger partial charge in [-0.15, -0.1) is 0 Å². The van der Waals surface area contributed by atoms with Crippen LogP contribution in [0.1, 0.15) is 90.7 Å². The van der Waals surface area contributed by atoms with E-state index >= 15 is 0 Å². The standard InChI is InChI=1S/C8H8O.C8H6O.C7H6O2.C7H8O.4C2H6.4CH4/c2*1-2-4-8-7(3-1)5-6-9-8;1-2-4-7-6(3-1)8-5-9-7;1-8-7-5-3-2-4-6-7;4*1-2;;;;/h1-4H,5-6H2;1-6H;1-4H,5H2;2-6H,1H3;4*1-2H3;4*1H4. The van der Waals surface area contributed by atoms with Crippen molar-refractivity contribution in [2.24, 2.45) is 0 Å². The van der Waals surface area contributed by atoms with E-state index in [-0.39, 0.29) is 29.7 Å². The Bertz CT molecular complexity index is 1170. The van der Waals surface area contributed by atoms with Gasteiger partial charge in [0.25, 0.3) is 0 Å². The van der Waals surface area contributed by atoms with Gasteiger partial charge in [-0.05, 0) is 48.0 Å². The molecule has 3 heterocycles. The Morgan fingerprint density at radius 2 is 0.957 bits per heavy atom. The van der Waals surface area contributed by atoms with Crippen LogP contribution in [0.5, 0.6) is 23.0 Å². The summed E-state index contributed by atoms with van der Waals surface area (Å²) in [6, 6.07) is 35.4. The maximum Gasteiger partial charge on any atom is 0.231 e. The highest BCUT2D eigenvalue weighted by atomic mass is 16.7. The maximum atomic E-state index is 5.30. The first-order chi connectivity index (χ1) is 21.3. The number of rotatable bonds is 1. The van der Waals surface area contributed by atoms with Gasteiger partial charge in [-0.2, -0.15) is 0 Å². The van der Waals surface area contributed by atoms with Crippen molar-refractivity contribution >= 4 is 11.0 Å². The third-order valence-corrected chi connectivity index (χ3v) is 5.22. The topological polar surface area (TPSA) is 50.1 Å². The highest BCUT2D eigenvalue weighted by Crippen LogP contribution is 2.30. The summed E-state index contributed by atoms with van der Waals surface area (Å²) < 4.78 is 25.5. The maximum absolute atomic E-state index is 5.30. The number of hydrogen-bond acceptors (Lipinski definition) is 5. The summed E-state index contributed by atoms with van der Waals surface area (Å²) in [4.78, 5) is 0. The van der Waals surface area contributed by atoms with Gasteiger partial charge in [-0.1, -0.05) is 152 Å². The number of fused-ring (bicyclic) bond motifs is 3. The van der Waals surface area contributed by atoms with E-state index in [0.29, 0.717) is 6.79 Å². The molecule has 0 bridgehead atoms. The smallest absolute Gasteiger partial charge is 0.231 e. The second-order valence-electron chi connectivity index (χ2n) is 7.54. The third-order valence-electron chi connectivity index (χ3n) is 5.22. The average Bonchev–Trinajstić information content (AvgIpc) is 3.91. The summed E-state index contributed by atoms with van der Waals surface area (Å²) in [5.74, 6) is 3.67. The number of benzene rings is 4. The molecule has 47 heavy (non-hydrogen) atoms. The number of para-hydroxylation sites is 5. The molecule has 0 fully saturated rings. The molecule has 0 saturated heterocycles. The Kier molecular flexibility index (Phi) is 40.1. The molecule has 0 unspecified atom stereocenters. The van der Waals surface area contributed by atoms with Crippen molar-refractivity contribution < 1.29 is 23.4 Å². The second kappa shape index (κ2) is 36.1. The molecule has 4 aromatic carbocycles. The Labute approximate surface area is 289 Å². The summed E-state index contributed by atoms with van der Waals surface area (Å²) in [5, 5.41) is 1.16. The molecule has 0 N–H and O–H groups in total. The Balaban J connectivity index is -0.000000152. The lowest BCUT2D eigenvalue weighted by atomic mass is 10.2. The van der Waals surface area contributed by atoms with Crippen LogP contribution in [0.2, 0.25) is 0 Å². The van der Waals surface area contributed by atoms with Gasteiger partial charge < -0.3 is 23.4 Å². The van der Waals surface area contributed by atoms with Crippen LogP contribution in [-0.2, 0) is 6.42 Å². The number of furan rings is 1.